The Balaban J connectivity index is 2.40. The molecule has 0 spiro atoms. The molecule has 0 radical (unpaired) electrons. The zero-order valence-electron chi connectivity index (χ0n) is 6.56. The third-order valence-corrected chi connectivity index (χ3v) is 3.54. The van der Waals surface area contributed by atoms with E-state index in [9.17, 15) is 4.79 Å². The van der Waals surface area contributed by atoms with Crippen LogP contribution in [-0.2, 0) is 0 Å². The second-order valence-corrected chi connectivity index (χ2v) is 4.56. The first-order valence-electron chi connectivity index (χ1n) is 3.56. The molecule has 0 amide bonds. The van der Waals surface area contributed by atoms with Crippen molar-refractivity contribution in [2.24, 2.45) is 0 Å². The Hall–Kier alpha value is -1.20. The van der Waals surface area contributed by atoms with Gasteiger partial charge in [-0.05, 0) is 12.1 Å². The molecule has 0 unspecified atom stereocenters. The number of nitrogen functional groups attached to an aromatic ring is 1. The molecule has 0 aliphatic rings. The predicted molar refractivity (Wildman–Crippen MR) is 55.2 cm³/mol. The Labute approximate surface area is 82.9 Å². The maximum absolute atomic E-state index is 10.4. The highest BCUT2D eigenvalue weighted by Gasteiger charge is 2.04. The summed E-state index contributed by atoms with van der Waals surface area (Å²) in [5, 5.41) is 0.552. The summed E-state index contributed by atoms with van der Waals surface area (Å²) in [6, 6.07) is 3.70. The number of carbonyl (C=O) groups excluding carboxylic acids is 1. The van der Waals surface area contributed by atoms with Gasteiger partial charge in [0.1, 0.15) is 0 Å². The monoisotopic (exact) mass is 210 g/mol. The Bertz CT molecular complexity index is 433. The highest BCUT2D eigenvalue weighted by Crippen LogP contribution is 2.32. The number of hydrogen-bond acceptors (Lipinski definition) is 5. The van der Waals surface area contributed by atoms with Crippen molar-refractivity contribution < 1.29 is 4.79 Å². The van der Waals surface area contributed by atoms with E-state index < -0.39 is 0 Å². The van der Waals surface area contributed by atoms with Crippen LogP contribution in [0.1, 0.15) is 9.67 Å². The number of nitrogens with two attached hydrogens (primary N) is 1. The van der Waals surface area contributed by atoms with Crippen molar-refractivity contribution in [1.29, 1.82) is 0 Å². The van der Waals surface area contributed by atoms with Gasteiger partial charge in [-0.3, -0.25) is 4.79 Å². The van der Waals surface area contributed by atoms with Crippen LogP contribution in [0.2, 0.25) is 0 Å². The van der Waals surface area contributed by atoms with Gasteiger partial charge in [0.05, 0.1) is 9.75 Å². The summed E-state index contributed by atoms with van der Waals surface area (Å²) >= 11 is 2.87. The maximum atomic E-state index is 10.4. The van der Waals surface area contributed by atoms with Crippen molar-refractivity contribution in [3.8, 4) is 9.75 Å². The largest absolute Gasteiger partial charge is 0.375 e. The van der Waals surface area contributed by atoms with E-state index in [-0.39, 0.29) is 0 Å². The molecule has 66 valence electrons. The quantitative estimate of drug-likeness (QED) is 0.773. The first-order valence-corrected chi connectivity index (χ1v) is 5.19. The molecule has 5 heteroatoms. The van der Waals surface area contributed by atoms with Gasteiger partial charge >= 0.3 is 0 Å². The van der Waals surface area contributed by atoms with E-state index in [1.165, 1.54) is 22.7 Å². The number of hydrogen-bond donors (Lipinski definition) is 1. The SMILES string of the molecule is Nc1ncc(-c2ccc(C=O)s2)s1. The summed E-state index contributed by atoms with van der Waals surface area (Å²) in [5.41, 5.74) is 5.50. The van der Waals surface area contributed by atoms with Crippen LogP contribution in [0.15, 0.2) is 18.3 Å². The van der Waals surface area contributed by atoms with Gasteiger partial charge in [-0.2, -0.15) is 0 Å². The van der Waals surface area contributed by atoms with Gasteiger partial charge in [-0.25, -0.2) is 4.98 Å². The minimum absolute atomic E-state index is 0.552. The normalized spacial score (nSPS) is 10.2. The van der Waals surface area contributed by atoms with Crippen LogP contribution in [0.3, 0.4) is 0 Å². The molecule has 3 nitrogen and oxygen atoms in total. The molecule has 0 aromatic carbocycles. The number of aromatic nitrogens is 1. The standard InChI is InChI=1S/C8H6N2OS2/c9-8-10-3-7(13-8)6-2-1-5(4-11)12-6/h1-4H,(H2,9,10). The summed E-state index contributed by atoms with van der Waals surface area (Å²) in [6.45, 7) is 0. The topological polar surface area (TPSA) is 56.0 Å². The lowest BCUT2D eigenvalue weighted by molar-refractivity contribution is 0.112. The Morgan fingerprint density at radius 3 is 2.69 bits per heavy atom. The summed E-state index contributed by atoms with van der Waals surface area (Å²) in [4.78, 5) is 17.1. The Kier molecular flexibility index (Phi) is 2.12. The van der Waals surface area contributed by atoms with Gasteiger partial charge in [0.15, 0.2) is 11.4 Å². The van der Waals surface area contributed by atoms with Gasteiger partial charge in [0, 0.05) is 11.1 Å². The Morgan fingerprint density at radius 2 is 2.15 bits per heavy atom. The molecule has 2 aromatic rings. The average molecular weight is 210 g/mol. The number of thiophene rings is 1. The third kappa shape index (κ3) is 1.61. The van der Waals surface area contributed by atoms with Crippen molar-refractivity contribution in [2.45, 2.75) is 0 Å². The van der Waals surface area contributed by atoms with Gasteiger partial charge in [0.2, 0.25) is 0 Å². The lowest BCUT2D eigenvalue weighted by atomic mass is 10.4. The van der Waals surface area contributed by atoms with Gasteiger partial charge in [-0.1, -0.05) is 11.3 Å². The molecule has 2 heterocycles. The fourth-order valence-electron chi connectivity index (χ4n) is 0.950. The molecule has 2 rings (SSSR count). The van der Waals surface area contributed by atoms with E-state index in [2.05, 4.69) is 4.98 Å². The highest BCUT2D eigenvalue weighted by atomic mass is 32.1. The average Bonchev–Trinajstić information content (AvgIpc) is 2.71. The Morgan fingerprint density at radius 1 is 1.31 bits per heavy atom. The zero-order chi connectivity index (χ0) is 9.26. The number of thiazole rings is 1. The third-order valence-electron chi connectivity index (χ3n) is 1.51. The van der Waals surface area contributed by atoms with E-state index in [0.717, 1.165) is 20.9 Å². The number of anilines is 1. The lowest BCUT2D eigenvalue weighted by Gasteiger charge is -1.85. The van der Waals surface area contributed by atoms with E-state index in [1.54, 1.807) is 12.3 Å². The number of rotatable bonds is 2. The van der Waals surface area contributed by atoms with Crippen molar-refractivity contribution in [2.75, 3.05) is 5.73 Å². The van der Waals surface area contributed by atoms with Crippen molar-refractivity contribution in [3.63, 3.8) is 0 Å². The van der Waals surface area contributed by atoms with Crippen molar-refractivity contribution in [1.82, 2.24) is 4.98 Å². The summed E-state index contributed by atoms with van der Waals surface area (Å²) in [7, 11) is 0. The van der Waals surface area contributed by atoms with Crippen molar-refractivity contribution >= 4 is 34.1 Å². The van der Waals surface area contributed by atoms with Gasteiger partial charge in [0.25, 0.3) is 0 Å². The van der Waals surface area contributed by atoms with Crippen LogP contribution in [0.5, 0.6) is 0 Å². The maximum Gasteiger partial charge on any atom is 0.180 e. The lowest BCUT2D eigenvalue weighted by Crippen LogP contribution is -1.77. The molecule has 0 bridgehead atoms. The summed E-state index contributed by atoms with van der Waals surface area (Å²) < 4.78 is 0. The van der Waals surface area contributed by atoms with Crippen LogP contribution >= 0.6 is 22.7 Å². The predicted octanol–water partition coefficient (Wildman–Crippen LogP) is 2.27. The fraction of sp³-hybridized carbons (Fsp3) is 0. The highest BCUT2D eigenvalue weighted by molar-refractivity contribution is 7.24. The molecule has 0 fully saturated rings. The second kappa shape index (κ2) is 3.27. The van der Waals surface area contributed by atoms with Crippen LogP contribution in [-0.4, -0.2) is 11.3 Å². The van der Waals surface area contributed by atoms with E-state index in [4.69, 9.17) is 5.73 Å². The van der Waals surface area contributed by atoms with Gasteiger partial charge in [-0.15, -0.1) is 11.3 Å². The van der Waals surface area contributed by atoms with E-state index >= 15 is 0 Å². The second-order valence-electron chi connectivity index (χ2n) is 2.38. The molecule has 0 saturated carbocycles. The first kappa shape index (κ1) is 8.40. The minimum Gasteiger partial charge on any atom is -0.375 e. The molecule has 2 N–H and O–H groups in total. The van der Waals surface area contributed by atoms with E-state index in [1.807, 2.05) is 6.07 Å². The van der Waals surface area contributed by atoms with Crippen LogP contribution < -0.4 is 5.73 Å². The number of carbonyl (C=O) groups is 1. The summed E-state index contributed by atoms with van der Waals surface area (Å²) in [5.74, 6) is 0. The first-order chi connectivity index (χ1) is 6.29. The number of nitrogens with zero attached hydrogens (tertiary/aromatic N) is 1. The summed E-state index contributed by atoms with van der Waals surface area (Å²) in [6.07, 6.45) is 2.57. The minimum atomic E-state index is 0.552. The molecule has 2 aromatic heterocycles. The molecule has 0 saturated heterocycles. The molecule has 0 aliphatic heterocycles. The smallest absolute Gasteiger partial charge is 0.180 e. The molecule has 0 atom stereocenters. The fourth-order valence-corrected chi connectivity index (χ4v) is 2.53. The molecule has 0 aliphatic carbocycles. The van der Waals surface area contributed by atoms with Crippen LogP contribution in [0.4, 0.5) is 5.13 Å². The van der Waals surface area contributed by atoms with Crippen LogP contribution in [0, 0.1) is 0 Å². The van der Waals surface area contributed by atoms with Gasteiger partial charge < -0.3 is 5.73 Å². The molecular formula is C8H6N2OS2. The molecule has 13 heavy (non-hydrogen) atoms. The zero-order valence-corrected chi connectivity index (χ0v) is 8.19. The van der Waals surface area contributed by atoms with Crippen molar-refractivity contribution in [3.05, 3.63) is 23.2 Å². The van der Waals surface area contributed by atoms with Crippen LogP contribution in [0.25, 0.3) is 9.75 Å². The van der Waals surface area contributed by atoms with E-state index in [0.29, 0.717) is 5.13 Å². The number of aldehydes is 1. The molecular weight excluding hydrogens is 204 g/mol.